The maximum absolute atomic E-state index is 3.92. The second-order valence-electron chi connectivity index (χ2n) is 13.6. The van der Waals surface area contributed by atoms with Crippen LogP contribution >= 0.6 is 0 Å². The molecule has 0 amide bonds. The maximum Gasteiger partial charge on any atom is 1.00 e. The van der Waals surface area contributed by atoms with Crippen LogP contribution in [0.2, 0.25) is 0 Å². The Morgan fingerprint density at radius 1 is 0.500 bits per heavy atom. The Kier molecular flexibility index (Phi) is 55.1. The first-order valence-electron chi connectivity index (χ1n) is 20.2. The predicted octanol–water partition coefficient (Wildman–Crippen LogP) is 11.9. The van der Waals surface area contributed by atoms with Crippen LogP contribution in [0.1, 0.15) is 226 Å². The molecule has 0 saturated heterocycles. The minimum atomic E-state index is 0. The first-order chi connectivity index (χ1) is 21.3. The molecule has 0 spiro atoms. The van der Waals surface area contributed by atoms with E-state index in [1.807, 2.05) is 0 Å². The standard InChI is InChI=1S/C18H34.C13H28N.C11H23.K/c1-2-15-18-16-13-11-9-7-5-3-4-6-8-10-12-14-17-18;1-3-5-7-8-9-11-13-14-12-10-6-4-2;1-3-5-7-9-11-10-8-6-4-2;/h2,18H,1,3-17H2;14H,2-13H2,1H3;1,3-11H2,2H3;/q;2*-1;+1. The Labute approximate surface area is 324 Å². The van der Waals surface area contributed by atoms with Gasteiger partial charge in [-0.1, -0.05) is 200 Å². The SMILES string of the molecule is C=CCC1CCCCCCCCCCCCCC1.[CH2-]CCCCCCCCCC.[CH2-]CCCCNCCCCCCCC.[K+]. The summed E-state index contributed by atoms with van der Waals surface area (Å²) in [6, 6.07) is 0. The van der Waals surface area contributed by atoms with E-state index in [-0.39, 0.29) is 51.4 Å². The number of nitrogens with one attached hydrogen (secondary N) is 1. The van der Waals surface area contributed by atoms with E-state index in [4.69, 9.17) is 0 Å². The normalized spacial score (nSPS) is 15.4. The first kappa shape index (κ1) is 49.7. The molecule has 1 N–H and O–H groups in total. The Hall–Kier alpha value is 1.34. The fourth-order valence-electron chi connectivity index (χ4n) is 6.14. The van der Waals surface area contributed by atoms with E-state index in [1.54, 1.807) is 0 Å². The van der Waals surface area contributed by atoms with Crippen LogP contribution in [0.15, 0.2) is 12.7 Å². The molecule has 1 saturated carbocycles. The second kappa shape index (κ2) is 48.7. The van der Waals surface area contributed by atoms with E-state index in [2.05, 4.69) is 45.7 Å². The smallest absolute Gasteiger partial charge is 0.343 e. The summed E-state index contributed by atoms with van der Waals surface area (Å²) >= 11 is 0. The van der Waals surface area contributed by atoms with Gasteiger partial charge in [0.25, 0.3) is 0 Å². The molecule has 1 fully saturated rings. The Balaban J connectivity index is -0.000000586. The number of unbranched alkanes of at least 4 members (excludes halogenated alkanes) is 15. The molecule has 1 rings (SSSR count). The summed E-state index contributed by atoms with van der Waals surface area (Å²) in [6.07, 6.45) is 48.4. The van der Waals surface area contributed by atoms with Crippen LogP contribution in [0.5, 0.6) is 0 Å². The van der Waals surface area contributed by atoms with E-state index >= 15 is 0 Å². The summed E-state index contributed by atoms with van der Waals surface area (Å²) in [5.41, 5.74) is 0. The first-order valence-corrected chi connectivity index (χ1v) is 20.2. The second-order valence-corrected chi connectivity index (χ2v) is 13.6. The molecule has 0 bridgehead atoms. The van der Waals surface area contributed by atoms with Crippen molar-refractivity contribution >= 4 is 0 Å². The quantitative estimate of drug-likeness (QED) is 0.0568. The van der Waals surface area contributed by atoms with Gasteiger partial charge in [0.15, 0.2) is 0 Å². The summed E-state index contributed by atoms with van der Waals surface area (Å²) in [5.74, 6) is 0.938. The van der Waals surface area contributed by atoms with Crippen LogP contribution in [0.3, 0.4) is 0 Å². The molecule has 0 aromatic heterocycles. The Morgan fingerprint density at radius 2 is 0.818 bits per heavy atom. The average molecular weight is 643 g/mol. The molecule has 0 aliphatic heterocycles. The molecule has 2 heteroatoms. The van der Waals surface area contributed by atoms with Crippen LogP contribution in [0.25, 0.3) is 0 Å². The van der Waals surface area contributed by atoms with E-state index in [0.717, 1.165) is 18.8 Å². The van der Waals surface area contributed by atoms with E-state index in [1.165, 1.54) is 212 Å². The van der Waals surface area contributed by atoms with Gasteiger partial charge in [0.2, 0.25) is 0 Å². The molecule has 1 aliphatic carbocycles. The van der Waals surface area contributed by atoms with E-state index in [0.29, 0.717) is 0 Å². The zero-order chi connectivity index (χ0) is 31.7. The third-order valence-electron chi connectivity index (χ3n) is 9.14. The Bertz CT molecular complexity index is 429. The molecule has 44 heavy (non-hydrogen) atoms. The monoisotopic (exact) mass is 643 g/mol. The van der Waals surface area contributed by atoms with E-state index < -0.39 is 0 Å². The summed E-state index contributed by atoms with van der Waals surface area (Å²) in [5, 5.41) is 3.48. The van der Waals surface area contributed by atoms with Crippen molar-refractivity contribution in [3.05, 3.63) is 26.5 Å². The summed E-state index contributed by atoms with van der Waals surface area (Å²) in [6.45, 7) is 18.5. The number of hydrogen-bond donors (Lipinski definition) is 1. The van der Waals surface area contributed by atoms with Gasteiger partial charge in [0, 0.05) is 0 Å². The minimum absolute atomic E-state index is 0. The average Bonchev–Trinajstić information content (AvgIpc) is 3.03. The minimum Gasteiger partial charge on any atom is -0.343 e. The van der Waals surface area contributed by atoms with Crippen molar-refractivity contribution in [2.24, 2.45) is 5.92 Å². The zero-order valence-electron chi connectivity index (χ0n) is 31.5. The summed E-state index contributed by atoms with van der Waals surface area (Å²) in [7, 11) is 0. The molecular formula is C42H85KN-. The number of hydrogen-bond acceptors (Lipinski definition) is 1. The van der Waals surface area contributed by atoms with Crippen molar-refractivity contribution < 1.29 is 51.4 Å². The Morgan fingerprint density at radius 3 is 1.20 bits per heavy atom. The van der Waals surface area contributed by atoms with Crippen LogP contribution in [0, 0.1) is 19.8 Å². The van der Waals surface area contributed by atoms with Gasteiger partial charge < -0.3 is 19.2 Å². The van der Waals surface area contributed by atoms with Gasteiger partial charge in [-0.2, -0.15) is 12.8 Å². The molecule has 1 nitrogen and oxygen atoms in total. The predicted molar refractivity (Wildman–Crippen MR) is 201 cm³/mol. The van der Waals surface area contributed by atoms with Crippen LogP contribution < -0.4 is 56.7 Å². The number of rotatable bonds is 21. The number of allylic oxidation sites excluding steroid dienone is 1. The fourth-order valence-corrected chi connectivity index (χ4v) is 6.14. The van der Waals surface area contributed by atoms with Crippen LogP contribution in [0.4, 0.5) is 0 Å². The van der Waals surface area contributed by atoms with Gasteiger partial charge in [-0.25, -0.2) is 0 Å². The molecular weight excluding hydrogens is 558 g/mol. The van der Waals surface area contributed by atoms with Gasteiger partial charge in [-0.15, -0.1) is 6.58 Å². The van der Waals surface area contributed by atoms with Crippen molar-refractivity contribution in [1.29, 1.82) is 0 Å². The van der Waals surface area contributed by atoms with Gasteiger partial charge in [0.1, 0.15) is 0 Å². The third kappa shape index (κ3) is 47.7. The van der Waals surface area contributed by atoms with Crippen molar-refractivity contribution in [3.63, 3.8) is 0 Å². The molecule has 0 unspecified atom stereocenters. The summed E-state index contributed by atoms with van der Waals surface area (Å²) in [4.78, 5) is 0. The van der Waals surface area contributed by atoms with Crippen LogP contribution in [-0.2, 0) is 0 Å². The maximum atomic E-state index is 3.92. The fraction of sp³-hybridized carbons (Fsp3) is 0.905. The molecule has 0 aromatic rings. The van der Waals surface area contributed by atoms with Crippen molar-refractivity contribution in [2.45, 2.75) is 226 Å². The van der Waals surface area contributed by atoms with Crippen molar-refractivity contribution in [1.82, 2.24) is 5.32 Å². The zero-order valence-corrected chi connectivity index (χ0v) is 34.6. The van der Waals surface area contributed by atoms with Gasteiger partial charge in [0.05, 0.1) is 0 Å². The molecule has 0 atom stereocenters. The van der Waals surface area contributed by atoms with Gasteiger partial charge >= 0.3 is 51.4 Å². The van der Waals surface area contributed by atoms with E-state index in [9.17, 15) is 0 Å². The van der Waals surface area contributed by atoms with Crippen molar-refractivity contribution in [3.8, 4) is 0 Å². The molecule has 0 aromatic carbocycles. The topological polar surface area (TPSA) is 12.0 Å². The van der Waals surface area contributed by atoms with Gasteiger partial charge in [-0.05, 0) is 38.3 Å². The third-order valence-corrected chi connectivity index (χ3v) is 9.14. The molecule has 1 aliphatic rings. The largest absolute Gasteiger partial charge is 1.00 e. The molecule has 0 heterocycles. The molecule has 0 radical (unpaired) electrons. The van der Waals surface area contributed by atoms with Crippen LogP contribution in [-0.4, -0.2) is 13.1 Å². The summed E-state index contributed by atoms with van der Waals surface area (Å²) < 4.78 is 0. The van der Waals surface area contributed by atoms with Gasteiger partial charge in [-0.3, -0.25) is 0 Å². The molecule has 260 valence electrons. The van der Waals surface area contributed by atoms with Crippen molar-refractivity contribution in [2.75, 3.05) is 13.1 Å².